The topological polar surface area (TPSA) is 29.5 Å². The van der Waals surface area contributed by atoms with Crippen molar-refractivity contribution in [3.8, 4) is 0 Å². The van der Waals surface area contributed by atoms with Crippen molar-refractivity contribution in [2.45, 2.75) is 26.4 Å². The first-order chi connectivity index (χ1) is 6.88. The molecule has 0 aromatic heterocycles. The van der Waals surface area contributed by atoms with Gasteiger partial charge in [-0.25, -0.2) is 4.79 Å². The zero-order chi connectivity index (χ0) is 11.5. The lowest BCUT2D eigenvalue weighted by molar-refractivity contribution is 0.0400. The van der Waals surface area contributed by atoms with Crippen LogP contribution in [0.3, 0.4) is 0 Å². The molecule has 0 saturated heterocycles. The molecule has 1 aliphatic heterocycles. The van der Waals surface area contributed by atoms with Gasteiger partial charge in [0.05, 0.1) is 0 Å². The number of carbonyl (C=O) groups excluding carboxylic acids is 1. The third kappa shape index (κ3) is 4.34. The first-order valence-electron chi connectivity index (χ1n) is 4.62. The molecule has 1 heterocycles. The van der Waals surface area contributed by atoms with Gasteiger partial charge in [0.2, 0.25) is 0 Å². The van der Waals surface area contributed by atoms with E-state index in [-0.39, 0.29) is 6.09 Å². The van der Waals surface area contributed by atoms with E-state index in [1.165, 1.54) is 4.90 Å². The molecule has 82 valence electrons. The average molecular weight is 272 g/mol. The molecule has 15 heavy (non-hydrogen) atoms. The number of halogens is 1. The Morgan fingerprint density at radius 3 is 2.67 bits per heavy atom. The molecule has 0 aromatic carbocycles. The van der Waals surface area contributed by atoms with Gasteiger partial charge in [0.15, 0.2) is 0 Å². The number of nitrogens with zero attached hydrogens (tertiary/aromatic N) is 1. The predicted molar refractivity (Wildman–Crippen MR) is 63.4 cm³/mol. The first kappa shape index (κ1) is 12.0. The summed E-state index contributed by atoms with van der Waals surface area (Å²) in [6, 6.07) is 0. The molecule has 0 aromatic rings. The number of ether oxygens (including phenoxy) is 1. The molecule has 0 bridgehead atoms. The molecule has 0 unspecified atom stereocenters. The Kier molecular flexibility index (Phi) is 3.74. The predicted octanol–water partition coefficient (Wildman–Crippen LogP) is 3.54. The van der Waals surface area contributed by atoms with Gasteiger partial charge in [0.1, 0.15) is 5.60 Å². The van der Waals surface area contributed by atoms with Crippen LogP contribution in [0.2, 0.25) is 0 Å². The highest BCUT2D eigenvalue weighted by Gasteiger charge is 2.19. The highest BCUT2D eigenvalue weighted by Crippen LogP contribution is 2.16. The number of amides is 1. The fraction of sp³-hybridized carbons (Fsp3) is 0.364. The van der Waals surface area contributed by atoms with Gasteiger partial charge in [0.25, 0.3) is 0 Å². The summed E-state index contributed by atoms with van der Waals surface area (Å²) in [6.45, 7) is 5.51. The molecule has 0 N–H and O–H groups in total. The van der Waals surface area contributed by atoms with Gasteiger partial charge in [-0.2, -0.15) is 0 Å². The van der Waals surface area contributed by atoms with Gasteiger partial charge in [-0.1, -0.05) is 6.08 Å². The van der Waals surface area contributed by atoms with Crippen LogP contribution in [0.1, 0.15) is 20.8 Å². The summed E-state index contributed by atoms with van der Waals surface area (Å²) in [5.41, 5.74) is -0.481. The first-order valence-corrected chi connectivity index (χ1v) is 5.41. The summed E-state index contributed by atoms with van der Waals surface area (Å²) in [5, 5.41) is 0. The number of allylic oxidation sites excluding steroid dienone is 4. The zero-order valence-corrected chi connectivity index (χ0v) is 10.6. The van der Waals surface area contributed by atoms with Crippen molar-refractivity contribution in [3.63, 3.8) is 0 Å². The highest BCUT2D eigenvalue weighted by atomic mass is 79.9. The van der Waals surface area contributed by atoms with Crippen molar-refractivity contribution in [2.24, 2.45) is 0 Å². The van der Waals surface area contributed by atoms with Crippen LogP contribution < -0.4 is 0 Å². The molecule has 0 atom stereocenters. The van der Waals surface area contributed by atoms with E-state index in [4.69, 9.17) is 4.74 Å². The van der Waals surface area contributed by atoms with Crippen LogP contribution in [0.4, 0.5) is 4.79 Å². The maximum absolute atomic E-state index is 11.7. The van der Waals surface area contributed by atoms with E-state index in [1.807, 2.05) is 32.9 Å². The van der Waals surface area contributed by atoms with E-state index in [1.54, 1.807) is 18.5 Å². The van der Waals surface area contributed by atoms with Gasteiger partial charge >= 0.3 is 6.09 Å². The molecule has 0 fully saturated rings. The molecule has 4 heteroatoms. The number of carbonyl (C=O) groups is 1. The quantitative estimate of drug-likeness (QED) is 0.675. The van der Waals surface area contributed by atoms with Crippen molar-refractivity contribution >= 4 is 22.0 Å². The Hall–Kier alpha value is -1.03. The lowest BCUT2D eigenvalue weighted by Gasteiger charge is -2.23. The van der Waals surface area contributed by atoms with Crippen LogP contribution in [0.5, 0.6) is 0 Å². The largest absolute Gasteiger partial charge is 0.443 e. The Morgan fingerprint density at radius 1 is 1.40 bits per heavy atom. The van der Waals surface area contributed by atoms with Crippen LogP contribution >= 0.6 is 15.9 Å². The van der Waals surface area contributed by atoms with Crippen molar-refractivity contribution in [1.82, 2.24) is 4.90 Å². The summed E-state index contributed by atoms with van der Waals surface area (Å²) in [4.78, 5) is 13.1. The Balaban J connectivity index is 2.72. The summed E-state index contributed by atoms with van der Waals surface area (Å²) < 4.78 is 6.04. The standard InChI is InChI=1S/C11H14BrNO2/c1-11(2,3)15-10(14)13-7-5-4-6-9(12)8-13/h4-8H,1-3H3. The minimum atomic E-state index is -0.481. The highest BCUT2D eigenvalue weighted by molar-refractivity contribution is 9.11. The molecule has 0 aliphatic carbocycles. The van der Waals surface area contributed by atoms with Crippen molar-refractivity contribution in [2.75, 3.05) is 0 Å². The van der Waals surface area contributed by atoms with Crippen LogP contribution in [-0.2, 0) is 4.74 Å². The van der Waals surface area contributed by atoms with Crippen molar-refractivity contribution < 1.29 is 9.53 Å². The molecule has 0 spiro atoms. The van der Waals surface area contributed by atoms with Crippen molar-refractivity contribution in [1.29, 1.82) is 0 Å². The molecular formula is C11H14BrNO2. The van der Waals surface area contributed by atoms with E-state index in [2.05, 4.69) is 15.9 Å². The number of hydrogen-bond donors (Lipinski definition) is 0. The van der Waals surface area contributed by atoms with Gasteiger partial charge < -0.3 is 4.74 Å². The fourth-order valence-corrected chi connectivity index (χ4v) is 1.31. The van der Waals surface area contributed by atoms with E-state index >= 15 is 0 Å². The fourth-order valence-electron chi connectivity index (χ4n) is 0.937. The SMILES string of the molecule is CC(C)(C)OC(=O)N1C=CC=CC(Br)=C1. The summed E-state index contributed by atoms with van der Waals surface area (Å²) >= 11 is 3.31. The monoisotopic (exact) mass is 271 g/mol. The lowest BCUT2D eigenvalue weighted by Crippen LogP contribution is -2.30. The molecule has 3 nitrogen and oxygen atoms in total. The molecule has 0 saturated carbocycles. The number of hydrogen-bond acceptors (Lipinski definition) is 2. The Labute approximate surface area is 98.2 Å². The van der Waals surface area contributed by atoms with Crippen molar-refractivity contribution in [3.05, 3.63) is 35.1 Å². The summed E-state index contributed by atoms with van der Waals surface area (Å²) in [6.07, 6.45) is 8.38. The molecule has 1 amide bonds. The summed E-state index contributed by atoms with van der Waals surface area (Å²) in [5.74, 6) is 0. The second kappa shape index (κ2) is 4.66. The second-order valence-corrected chi connectivity index (χ2v) is 5.02. The van der Waals surface area contributed by atoms with Crippen LogP contribution in [0.25, 0.3) is 0 Å². The minimum Gasteiger partial charge on any atom is -0.443 e. The third-order valence-electron chi connectivity index (χ3n) is 1.48. The number of rotatable bonds is 0. The smallest absolute Gasteiger partial charge is 0.418 e. The lowest BCUT2D eigenvalue weighted by atomic mass is 10.2. The Morgan fingerprint density at radius 2 is 2.07 bits per heavy atom. The van der Waals surface area contributed by atoms with Gasteiger partial charge in [0, 0.05) is 16.9 Å². The normalized spacial score (nSPS) is 16.0. The minimum absolute atomic E-state index is 0.389. The van der Waals surface area contributed by atoms with Crippen LogP contribution in [0, 0.1) is 0 Å². The van der Waals surface area contributed by atoms with E-state index in [0.29, 0.717) is 0 Å². The molecule has 1 aliphatic rings. The van der Waals surface area contributed by atoms with E-state index in [0.717, 1.165) is 4.48 Å². The molecular weight excluding hydrogens is 258 g/mol. The van der Waals surface area contributed by atoms with Gasteiger partial charge in [-0.15, -0.1) is 0 Å². The Bertz CT molecular complexity index is 337. The maximum Gasteiger partial charge on any atom is 0.418 e. The van der Waals surface area contributed by atoms with Crippen LogP contribution in [-0.4, -0.2) is 16.6 Å². The van der Waals surface area contributed by atoms with Gasteiger partial charge in [-0.3, -0.25) is 4.90 Å². The third-order valence-corrected chi connectivity index (χ3v) is 1.95. The average Bonchev–Trinajstić information content (AvgIpc) is 2.26. The summed E-state index contributed by atoms with van der Waals surface area (Å²) in [7, 11) is 0. The zero-order valence-electron chi connectivity index (χ0n) is 9.03. The van der Waals surface area contributed by atoms with Gasteiger partial charge in [-0.05, 0) is 48.9 Å². The molecule has 1 rings (SSSR count). The van der Waals surface area contributed by atoms with Crippen LogP contribution in [0.15, 0.2) is 35.1 Å². The second-order valence-electron chi connectivity index (χ2n) is 4.10. The maximum atomic E-state index is 11.7. The van der Waals surface area contributed by atoms with E-state index < -0.39 is 5.60 Å². The van der Waals surface area contributed by atoms with E-state index in [9.17, 15) is 4.79 Å². The molecule has 0 radical (unpaired) electrons.